The fourth-order valence-electron chi connectivity index (χ4n) is 1.96. The van der Waals surface area contributed by atoms with Crippen LogP contribution in [0.15, 0.2) is 23.1 Å². The van der Waals surface area contributed by atoms with Gasteiger partial charge in [0.05, 0.1) is 29.2 Å². The average molecular weight is 386 g/mol. The molecule has 0 radical (unpaired) electrons. The minimum atomic E-state index is -4.52. The van der Waals surface area contributed by atoms with Gasteiger partial charge in [-0.2, -0.15) is 8.42 Å². The molecule has 26 heavy (non-hydrogen) atoms. The number of esters is 2. The van der Waals surface area contributed by atoms with Gasteiger partial charge in [0.25, 0.3) is 10.1 Å². The van der Waals surface area contributed by atoms with E-state index in [9.17, 15) is 22.6 Å². The van der Waals surface area contributed by atoms with Gasteiger partial charge < -0.3 is 9.47 Å². The molecule has 1 aromatic carbocycles. The normalized spacial score (nSPS) is 11.7. The first-order valence-corrected chi connectivity index (χ1v) is 9.92. The molecule has 0 aliphatic carbocycles. The van der Waals surface area contributed by atoms with E-state index in [4.69, 9.17) is 9.47 Å². The van der Waals surface area contributed by atoms with Crippen LogP contribution in [0.1, 0.15) is 61.3 Å². The highest BCUT2D eigenvalue weighted by Crippen LogP contribution is 2.19. The van der Waals surface area contributed by atoms with Crippen LogP contribution in [0.3, 0.4) is 0 Å². The van der Waals surface area contributed by atoms with Crippen molar-refractivity contribution in [3.63, 3.8) is 0 Å². The largest absolute Gasteiger partial charge is 0.462 e. The van der Waals surface area contributed by atoms with Crippen LogP contribution in [0, 0.1) is 11.8 Å². The summed E-state index contributed by atoms with van der Waals surface area (Å²) in [5, 5.41) is 0. The quantitative estimate of drug-likeness (QED) is 0.512. The number of rotatable bonds is 9. The second-order valence-corrected chi connectivity index (χ2v) is 8.24. The maximum Gasteiger partial charge on any atom is 0.339 e. The summed E-state index contributed by atoms with van der Waals surface area (Å²) < 4.78 is 42.1. The SMILES string of the molecule is CC(C)CCOC(=O)c1ccc(S(=O)(=O)O)cc1C(=O)OCCC(C)C. The van der Waals surface area contributed by atoms with Gasteiger partial charge in [0, 0.05) is 0 Å². The molecule has 1 aromatic rings. The van der Waals surface area contributed by atoms with Crippen molar-refractivity contribution in [2.24, 2.45) is 11.8 Å². The maximum absolute atomic E-state index is 12.3. The summed E-state index contributed by atoms with van der Waals surface area (Å²) in [6.07, 6.45) is 1.28. The Morgan fingerprint density at radius 2 is 1.38 bits per heavy atom. The van der Waals surface area contributed by atoms with Crippen molar-refractivity contribution in [3.05, 3.63) is 29.3 Å². The lowest BCUT2D eigenvalue weighted by atomic mass is 10.1. The Bertz CT molecular complexity index is 736. The minimum absolute atomic E-state index is 0.101. The zero-order chi connectivity index (χ0) is 19.9. The minimum Gasteiger partial charge on any atom is -0.462 e. The van der Waals surface area contributed by atoms with E-state index in [1.165, 1.54) is 0 Å². The van der Waals surface area contributed by atoms with E-state index in [0.29, 0.717) is 24.7 Å². The highest BCUT2D eigenvalue weighted by molar-refractivity contribution is 7.85. The fraction of sp³-hybridized carbons (Fsp3) is 0.556. The van der Waals surface area contributed by atoms with E-state index in [1.807, 2.05) is 27.7 Å². The van der Waals surface area contributed by atoms with Crippen LogP contribution in [0.5, 0.6) is 0 Å². The summed E-state index contributed by atoms with van der Waals surface area (Å²) in [7, 11) is -4.52. The molecule has 0 heterocycles. The second kappa shape index (κ2) is 9.68. The maximum atomic E-state index is 12.3. The van der Waals surface area contributed by atoms with Gasteiger partial charge in [-0.1, -0.05) is 27.7 Å². The third kappa shape index (κ3) is 7.13. The Balaban J connectivity index is 3.08. The van der Waals surface area contributed by atoms with Crippen molar-refractivity contribution in [3.8, 4) is 0 Å². The van der Waals surface area contributed by atoms with E-state index >= 15 is 0 Å². The summed E-state index contributed by atoms with van der Waals surface area (Å²) in [5.41, 5.74) is -0.353. The van der Waals surface area contributed by atoms with Crippen molar-refractivity contribution in [2.45, 2.75) is 45.4 Å². The second-order valence-electron chi connectivity index (χ2n) is 6.82. The first kappa shape index (κ1) is 22.1. The van der Waals surface area contributed by atoms with Crippen LogP contribution in [0.4, 0.5) is 0 Å². The third-order valence-electron chi connectivity index (χ3n) is 3.59. The Hall–Kier alpha value is -1.93. The van der Waals surface area contributed by atoms with Crippen LogP contribution >= 0.6 is 0 Å². The van der Waals surface area contributed by atoms with Crippen LogP contribution in [-0.2, 0) is 19.6 Å². The Kier molecular flexibility index (Phi) is 8.23. The standard InChI is InChI=1S/C18H26O7S/c1-12(2)7-9-24-17(19)15-6-5-14(26(21,22)23)11-16(15)18(20)25-10-8-13(3)4/h5-6,11-13H,7-10H2,1-4H3,(H,21,22,23). The smallest absolute Gasteiger partial charge is 0.339 e. The molecule has 146 valence electrons. The molecule has 0 fully saturated rings. The van der Waals surface area contributed by atoms with E-state index in [1.54, 1.807) is 0 Å². The molecule has 0 atom stereocenters. The Morgan fingerprint density at radius 3 is 1.81 bits per heavy atom. The first-order valence-electron chi connectivity index (χ1n) is 8.48. The summed E-state index contributed by atoms with van der Waals surface area (Å²) in [5.74, 6) is -0.937. The van der Waals surface area contributed by atoms with E-state index in [2.05, 4.69) is 0 Å². The average Bonchev–Trinajstić information content (AvgIpc) is 2.52. The third-order valence-corrected chi connectivity index (χ3v) is 4.44. The molecule has 0 unspecified atom stereocenters. The van der Waals surface area contributed by atoms with Gasteiger partial charge >= 0.3 is 11.9 Å². The number of benzene rings is 1. The van der Waals surface area contributed by atoms with Gasteiger partial charge in [-0.05, 0) is 42.9 Å². The van der Waals surface area contributed by atoms with E-state index in [0.717, 1.165) is 18.2 Å². The van der Waals surface area contributed by atoms with Crippen molar-refractivity contribution in [2.75, 3.05) is 13.2 Å². The zero-order valence-electron chi connectivity index (χ0n) is 15.5. The van der Waals surface area contributed by atoms with E-state index in [-0.39, 0.29) is 24.3 Å². The topological polar surface area (TPSA) is 107 Å². The predicted octanol–water partition coefficient (Wildman–Crippen LogP) is 3.34. The van der Waals surface area contributed by atoms with E-state index < -0.39 is 27.0 Å². The molecule has 0 aliphatic heterocycles. The lowest BCUT2D eigenvalue weighted by molar-refractivity contribution is 0.0440. The fourth-order valence-corrected chi connectivity index (χ4v) is 2.47. The molecular formula is C18H26O7S. The molecule has 8 heteroatoms. The van der Waals surface area contributed by atoms with Crippen LogP contribution in [-0.4, -0.2) is 38.1 Å². The van der Waals surface area contributed by atoms with Crippen molar-refractivity contribution in [1.29, 1.82) is 0 Å². The molecule has 1 rings (SSSR count). The van der Waals surface area contributed by atoms with Crippen molar-refractivity contribution < 1.29 is 32.0 Å². The molecule has 7 nitrogen and oxygen atoms in total. The van der Waals surface area contributed by atoms with Crippen LogP contribution in [0.25, 0.3) is 0 Å². The van der Waals surface area contributed by atoms with Gasteiger partial charge in [0.15, 0.2) is 0 Å². The molecule has 0 saturated heterocycles. The zero-order valence-corrected chi connectivity index (χ0v) is 16.3. The summed E-state index contributed by atoms with van der Waals surface area (Å²) in [6.45, 7) is 8.19. The summed E-state index contributed by atoms with van der Waals surface area (Å²) in [4.78, 5) is 24.1. The first-order chi connectivity index (χ1) is 12.0. The molecule has 0 bridgehead atoms. The highest BCUT2D eigenvalue weighted by atomic mass is 32.2. The van der Waals surface area contributed by atoms with Crippen LogP contribution in [0.2, 0.25) is 0 Å². The molecule has 0 spiro atoms. The Morgan fingerprint density at radius 1 is 0.923 bits per heavy atom. The molecule has 0 aliphatic rings. The van der Waals surface area contributed by atoms with Gasteiger partial charge in [-0.15, -0.1) is 0 Å². The van der Waals surface area contributed by atoms with Gasteiger partial charge in [-0.25, -0.2) is 9.59 Å². The number of hydrogen-bond donors (Lipinski definition) is 1. The predicted molar refractivity (Wildman–Crippen MR) is 95.7 cm³/mol. The van der Waals surface area contributed by atoms with Gasteiger partial charge in [0.1, 0.15) is 0 Å². The highest BCUT2D eigenvalue weighted by Gasteiger charge is 2.23. The monoisotopic (exact) mass is 386 g/mol. The number of hydrogen-bond acceptors (Lipinski definition) is 6. The number of carbonyl (C=O) groups excluding carboxylic acids is 2. The molecule has 0 saturated carbocycles. The molecular weight excluding hydrogens is 360 g/mol. The molecule has 1 N–H and O–H groups in total. The van der Waals surface area contributed by atoms with Gasteiger partial charge in [-0.3, -0.25) is 4.55 Å². The number of carbonyl (C=O) groups is 2. The van der Waals surface area contributed by atoms with Gasteiger partial charge in [0.2, 0.25) is 0 Å². The summed E-state index contributed by atoms with van der Waals surface area (Å²) in [6, 6.07) is 3.10. The Labute approximate surface area is 154 Å². The summed E-state index contributed by atoms with van der Waals surface area (Å²) >= 11 is 0. The van der Waals surface area contributed by atoms with Crippen LogP contribution < -0.4 is 0 Å². The van der Waals surface area contributed by atoms with Crippen molar-refractivity contribution >= 4 is 22.1 Å². The lowest BCUT2D eigenvalue weighted by Crippen LogP contribution is -2.17. The molecule has 0 amide bonds. The lowest BCUT2D eigenvalue weighted by Gasteiger charge is -2.12. The molecule has 0 aromatic heterocycles. The number of ether oxygens (including phenoxy) is 2. The van der Waals surface area contributed by atoms with Crippen molar-refractivity contribution in [1.82, 2.24) is 0 Å².